The minimum Gasteiger partial charge on any atom is -0.466 e. The predicted octanol–water partition coefficient (Wildman–Crippen LogP) is 20.0. The van der Waals surface area contributed by atoms with Crippen LogP contribution in [0.1, 0.15) is 361 Å². The number of ether oxygens (including phenoxy) is 1. The molecule has 0 aromatic heterocycles. The van der Waals surface area contributed by atoms with Crippen LogP contribution in [0.4, 0.5) is 0 Å². The van der Waals surface area contributed by atoms with Gasteiger partial charge >= 0.3 is 5.97 Å². The van der Waals surface area contributed by atoms with Gasteiger partial charge in [-0.2, -0.15) is 0 Å². The van der Waals surface area contributed by atoms with E-state index in [1.807, 2.05) is 0 Å². The SMILES string of the molecule is CCCCC/C=C\CCCCCCCC(=O)OCCCCCCCCCCCCCCCCCCCCCCCCCCCCCCCCCCC(=O)NC(CO)C(O)CCCCCCCCCCC. The van der Waals surface area contributed by atoms with E-state index in [4.69, 9.17) is 4.74 Å². The molecule has 0 fully saturated rings. The Morgan fingerprint density at radius 3 is 1.04 bits per heavy atom. The molecule has 0 aromatic rings. The number of nitrogens with one attached hydrogen (secondary N) is 1. The Balaban J connectivity index is 3.28. The Morgan fingerprint density at radius 2 is 0.671 bits per heavy atom. The van der Waals surface area contributed by atoms with Gasteiger partial charge < -0.3 is 20.3 Å². The Hall–Kier alpha value is -1.40. The Morgan fingerprint density at radius 1 is 0.386 bits per heavy atom. The predicted molar refractivity (Wildman–Crippen MR) is 306 cm³/mol. The van der Waals surface area contributed by atoms with Crippen LogP contribution in [0.2, 0.25) is 0 Å². The van der Waals surface area contributed by atoms with Crippen molar-refractivity contribution in [2.45, 2.75) is 373 Å². The fraction of sp³-hybridized carbons (Fsp3) is 0.938. The molecule has 3 N–H and O–H groups in total. The van der Waals surface area contributed by atoms with Crippen LogP contribution < -0.4 is 5.32 Å². The number of unbranched alkanes of at least 4 members (excludes halogenated alkanes) is 47. The second kappa shape index (κ2) is 60.2. The van der Waals surface area contributed by atoms with Gasteiger partial charge in [0.2, 0.25) is 5.91 Å². The van der Waals surface area contributed by atoms with E-state index in [0.717, 1.165) is 44.9 Å². The number of allylic oxidation sites excluding steroid dienone is 2. The van der Waals surface area contributed by atoms with Gasteiger partial charge in [-0.1, -0.05) is 309 Å². The van der Waals surface area contributed by atoms with Crippen molar-refractivity contribution in [1.82, 2.24) is 5.32 Å². The summed E-state index contributed by atoms with van der Waals surface area (Å²) in [5.74, 6) is -0.0199. The summed E-state index contributed by atoms with van der Waals surface area (Å²) in [6, 6.07) is -0.535. The maximum Gasteiger partial charge on any atom is 0.305 e. The molecule has 0 saturated heterocycles. The molecule has 6 nitrogen and oxygen atoms in total. The van der Waals surface area contributed by atoms with E-state index in [1.165, 1.54) is 283 Å². The van der Waals surface area contributed by atoms with Crippen molar-refractivity contribution >= 4 is 11.9 Å². The zero-order valence-electron chi connectivity index (χ0n) is 47.5. The number of carbonyl (C=O) groups is 2. The molecule has 0 aliphatic rings. The van der Waals surface area contributed by atoms with Gasteiger partial charge in [-0.15, -0.1) is 0 Å². The van der Waals surface area contributed by atoms with Crippen molar-refractivity contribution in [3.63, 3.8) is 0 Å². The fourth-order valence-corrected chi connectivity index (χ4v) is 10.2. The number of esters is 1. The number of hydrogen-bond acceptors (Lipinski definition) is 5. The highest BCUT2D eigenvalue weighted by Crippen LogP contribution is 2.18. The Labute approximate surface area is 438 Å². The molecule has 0 aliphatic carbocycles. The van der Waals surface area contributed by atoms with Crippen molar-refractivity contribution in [3.8, 4) is 0 Å². The van der Waals surface area contributed by atoms with E-state index in [-0.39, 0.29) is 18.5 Å². The van der Waals surface area contributed by atoms with Gasteiger partial charge in [0.1, 0.15) is 0 Å². The molecule has 0 rings (SSSR count). The van der Waals surface area contributed by atoms with Crippen molar-refractivity contribution in [3.05, 3.63) is 12.2 Å². The highest BCUT2D eigenvalue weighted by Gasteiger charge is 2.20. The first-order chi connectivity index (χ1) is 34.5. The molecule has 6 heteroatoms. The second-order valence-electron chi connectivity index (χ2n) is 22.1. The molecular weight excluding hydrogens is 863 g/mol. The lowest BCUT2D eigenvalue weighted by Gasteiger charge is -2.22. The summed E-state index contributed by atoms with van der Waals surface area (Å²) in [5.41, 5.74) is 0. The lowest BCUT2D eigenvalue weighted by atomic mass is 10.0. The first-order valence-electron chi connectivity index (χ1n) is 31.9. The van der Waals surface area contributed by atoms with Gasteiger partial charge in [-0.25, -0.2) is 0 Å². The third kappa shape index (κ3) is 55.9. The van der Waals surface area contributed by atoms with Gasteiger partial charge in [0.25, 0.3) is 0 Å². The van der Waals surface area contributed by atoms with Crippen LogP contribution in [0.5, 0.6) is 0 Å². The van der Waals surface area contributed by atoms with Crippen molar-refractivity contribution in [2.24, 2.45) is 0 Å². The first-order valence-corrected chi connectivity index (χ1v) is 31.9. The molecule has 0 aromatic carbocycles. The zero-order chi connectivity index (χ0) is 50.7. The molecule has 1 amide bonds. The first kappa shape index (κ1) is 68.6. The molecule has 0 aliphatic heterocycles. The number of amides is 1. The van der Waals surface area contributed by atoms with E-state index in [1.54, 1.807) is 0 Å². The summed E-state index contributed by atoms with van der Waals surface area (Å²) >= 11 is 0. The highest BCUT2D eigenvalue weighted by atomic mass is 16.5. The third-order valence-corrected chi connectivity index (χ3v) is 15.1. The number of aliphatic hydroxyl groups is 2. The number of hydrogen-bond donors (Lipinski definition) is 3. The van der Waals surface area contributed by atoms with Crippen molar-refractivity contribution in [2.75, 3.05) is 13.2 Å². The standard InChI is InChI=1S/C64H125NO5/c1-3-5-7-9-11-13-14-38-42-46-50-54-58-64(69)70-59-55-51-47-43-39-36-34-32-30-28-26-24-22-20-18-16-15-17-19-21-23-25-27-29-31-33-35-37-41-45-49-53-57-63(68)65-61(60-66)62(67)56-52-48-44-40-12-10-8-6-4-2/h11,13,61-62,66-67H,3-10,12,14-60H2,1-2H3,(H,65,68)/b13-11-. The molecule has 0 bridgehead atoms. The zero-order valence-corrected chi connectivity index (χ0v) is 47.5. The van der Waals surface area contributed by atoms with Crippen LogP contribution in [-0.2, 0) is 14.3 Å². The Bertz CT molecular complexity index is 1050. The molecule has 416 valence electrons. The maximum absolute atomic E-state index is 12.4. The van der Waals surface area contributed by atoms with E-state index in [0.29, 0.717) is 25.9 Å². The Kier molecular flexibility index (Phi) is 59.0. The summed E-state index contributed by atoms with van der Waals surface area (Å²) < 4.78 is 5.47. The lowest BCUT2D eigenvalue weighted by Crippen LogP contribution is -2.45. The summed E-state index contributed by atoms with van der Waals surface area (Å²) in [6.45, 7) is 4.93. The van der Waals surface area contributed by atoms with Gasteiger partial charge in [0, 0.05) is 12.8 Å². The van der Waals surface area contributed by atoms with Crippen LogP contribution in [0.15, 0.2) is 12.2 Å². The molecule has 0 saturated carbocycles. The molecule has 0 radical (unpaired) electrons. The lowest BCUT2D eigenvalue weighted by molar-refractivity contribution is -0.143. The molecule has 2 atom stereocenters. The smallest absolute Gasteiger partial charge is 0.305 e. The monoisotopic (exact) mass is 988 g/mol. The van der Waals surface area contributed by atoms with Crippen molar-refractivity contribution in [1.29, 1.82) is 0 Å². The largest absolute Gasteiger partial charge is 0.466 e. The molecular formula is C64H125NO5. The van der Waals surface area contributed by atoms with E-state index in [9.17, 15) is 19.8 Å². The van der Waals surface area contributed by atoms with Gasteiger partial charge in [0.05, 0.1) is 25.4 Å². The average Bonchev–Trinajstić information content (AvgIpc) is 3.36. The molecule has 0 spiro atoms. The minimum atomic E-state index is -0.657. The summed E-state index contributed by atoms with van der Waals surface area (Å²) in [7, 11) is 0. The third-order valence-electron chi connectivity index (χ3n) is 15.1. The van der Waals surface area contributed by atoms with E-state index < -0.39 is 12.1 Å². The van der Waals surface area contributed by atoms with Crippen LogP contribution in [0.3, 0.4) is 0 Å². The molecule has 0 heterocycles. The van der Waals surface area contributed by atoms with Gasteiger partial charge in [0.15, 0.2) is 0 Å². The normalized spacial score (nSPS) is 12.6. The minimum absolute atomic E-state index is 0.0114. The number of rotatable bonds is 60. The summed E-state index contributed by atoms with van der Waals surface area (Å²) in [5, 5.41) is 23.1. The van der Waals surface area contributed by atoms with Crippen LogP contribution in [-0.4, -0.2) is 47.4 Å². The van der Waals surface area contributed by atoms with E-state index >= 15 is 0 Å². The average molecular weight is 989 g/mol. The summed E-state index contributed by atoms with van der Waals surface area (Å²) in [6.07, 6.45) is 72.6. The summed E-state index contributed by atoms with van der Waals surface area (Å²) in [4.78, 5) is 24.4. The second-order valence-corrected chi connectivity index (χ2v) is 22.1. The van der Waals surface area contributed by atoms with E-state index in [2.05, 4.69) is 31.3 Å². The van der Waals surface area contributed by atoms with Gasteiger partial charge in [-0.05, 0) is 51.4 Å². The molecule has 70 heavy (non-hydrogen) atoms. The fourth-order valence-electron chi connectivity index (χ4n) is 10.2. The van der Waals surface area contributed by atoms with Gasteiger partial charge in [-0.3, -0.25) is 9.59 Å². The number of aliphatic hydroxyl groups excluding tert-OH is 2. The highest BCUT2D eigenvalue weighted by molar-refractivity contribution is 5.76. The maximum atomic E-state index is 12.4. The quantitative estimate of drug-likeness (QED) is 0.0321. The topological polar surface area (TPSA) is 95.9 Å². The van der Waals surface area contributed by atoms with Crippen LogP contribution >= 0.6 is 0 Å². The van der Waals surface area contributed by atoms with Crippen LogP contribution in [0, 0.1) is 0 Å². The molecule has 2 unspecified atom stereocenters. The van der Waals surface area contributed by atoms with Crippen LogP contribution in [0.25, 0.3) is 0 Å². The van der Waals surface area contributed by atoms with Crippen molar-refractivity contribution < 1.29 is 24.5 Å². The number of carbonyl (C=O) groups excluding carboxylic acids is 2.